The van der Waals surface area contributed by atoms with Crippen LogP contribution in [0.15, 0.2) is 34.7 Å². The second kappa shape index (κ2) is 4.75. The molecule has 2 N–H and O–H groups in total. The number of nitrogens with zero attached hydrogens (tertiary/aromatic N) is 1. The predicted octanol–water partition coefficient (Wildman–Crippen LogP) is 2.77. The number of nitrogens with two attached hydrogens (primary N) is 1. The molecular formula is C15H20N2O. The Labute approximate surface area is 108 Å². The minimum Gasteiger partial charge on any atom is -0.459 e. The molecule has 0 amide bonds. The number of hydrogen-bond donors (Lipinski definition) is 1. The van der Waals surface area contributed by atoms with E-state index in [1.807, 2.05) is 18.2 Å². The summed E-state index contributed by atoms with van der Waals surface area (Å²) in [7, 11) is 2.14. The molecule has 18 heavy (non-hydrogen) atoms. The highest BCUT2D eigenvalue weighted by molar-refractivity contribution is 5.77. The number of hydrogen-bond acceptors (Lipinski definition) is 3. The molecule has 0 radical (unpaired) electrons. The molecule has 1 fully saturated rings. The molecule has 1 aromatic carbocycles. The maximum Gasteiger partial charge on any atom is 0.134 e. The largest absolute Gasteiger partial charge is 0.459 e. The minimum absolute atomic E-state index is 0.0406. The van der Waals surface area contributed by atoms with E-state index in [1.165, 1.54) is 12.8 Å². The lowest BCUT2D eigenvalue weighted by atomic mass is 10.2. The zero-order valence-electron chi connectivity index (χ0n) is 10.8. The molecule has 0 bridgehead atoms. The van der Waals surface area contributed by atoms with Crippen molar-refractivity contribution in [1.29, 1.82) is 0 Å². The summed E-state index contributed by atoms with van der Waals surface area (Å²) in [5.74, 6) is 1.79. The van der Waals surface area contributed by atoms with Crippen LogP contribution >= 0.6 is 0 Å². The van der Waals surface area contributed by atoms with Gasteiger partial charge in [-0.25, -0.2) is 0 Å². The molecule has 1 aromatic heterocycles. The Morgan fingerprint density at radius 1 is 1.39 bits per heavy atom. The van der Waals surface area contributed by atoms with Crippen molar-refractivity contribution < 1.29 is 4.42 Å². The van der Waals surface area contributed by atoms with E-state index in [4.69, 9.17) is 10.2 Å². The van der Waals surface area contributed by atoms with Gasteiger partial charge < -0.3 is 15.1 Å². The van der Waals surface area contributed by atoms with Crippen molar-refractivity contribution in [3.63, 3.8) is 0 Å². The summed E-state index contributed by atoms with van der Waals surface area (Å²) < 4.78 is 5.80. The first-order valence-corrected chi connectivity index (χ1v) is 6.65. The van der Waals surface area contributed by atoms with Gasteiger partial charge in [-0.3, -0.25) is 0 Å². The van der Waals surface area contributed by atoms with Crippen molar-refractivity contribution in [3.8, 4) is 0 Å². The van der Waals surface area contributed by atoms with E-state index >= 15 is 0 Å². The summed E-state index contributed by atoms with van der Waals surface area (Å²) in [6, 6.07) is 10.1. The maximum atomic E-state index is 6.22. The Bertz CT molecular complexity index is 497. The molecule has 3 rings (SSSR count). The highest BCUT2D eigenvalue weighted by Crippen LogP contribution is 2.30. The second-order valence-corrected chi connectivity index (χ2v) is 5.46. The van der Waals surface area contributed by atoms with Gasteiger partial charge in [-0.05, 0) is 37.9 Å². The van der Waals surface area contributed by atoms with Gasteiger partial charge in [0.2, 0.25) is 0 Å². The highest BCUT2D eigenvalue weighted by Gasteiger charge is 2.24. The molecule has 1 saturated carbocycles. The Kier molecular flexibility index (Phi) is 3.10. The van der Waals surface area contributed by atoms with Crippen LogP contribution in [0.25, 0.3) is 11.0 Å². The number of fused-ring (bicyclic) bond motifs is 1. The summed E-state index contributed by atoms with van der Waals surface area (Å²) in [6.45, 7) is 2.02. The van der Waals surface area contributed by atoms with Crippen LogP contribution in [0.2, 0.25) is 0 Å². The summed E-state index contributed by atoms with van der Waals surface area (Å²) in [4.78, 5) is 2.32. The third kappa shape index (κ3) is 2.57. The lowest BCUT2D eigenvalue weighted by molar-refractivity contribution is 0.287. The zero-order valence-corrected chi connectivity index (χ0v) is 10.8. The monoisotopic (exact) mass is 244 g/mol. The van der Waals surface area contributed by atoms with Crippen molar-refractivity contribution in [3.05, 3.63) is 36.1 Å². The van der Waals surface area contributed by atoms with Crippen LogP contribution in [0.1, 0.15) is 24.6 Å². The average molecular weight is 244 g/mol. The van der Waals surface area contributed by atoms with Crippen molar-refractivity contribution >= 4 is 11.0 Å². The smallest absolute Gasteiger partial charge is 0.134 e. The van der Waals surface area contributed by atoms with Crippen LogP contribution in [0.5, 0.6) is 0 Å². The molecule has 2 aromatic rings. The van der Waals surface area contributed by atoms with Gasteiger partial charge in [0, 0.05) is 18.5 Å². The quantitative estimate of drug-likeness (QED) is 0.879. The molecule has 1 aliphatic rings. The summed E-state index contributed by atoms with van der Waals surface area (Å²) >= 11 is 0. The number of furan rings is 1. The van der Waals surface area contributed by atoms with E-state index in [1.54, 1.807) is 0 Å². The first kappa shape index (κ1) is 11.8. The van der Waals surface area contributed by atoms with Crippen molar-refractivity contribution in [2.75, 3.05) is 20.1 Å². The number of rotatable bonds is 5. The fourth-order valence-corrected chi connectivity index (χ4v) is 2.43. The number of para-hydroxylation sites is 1. The maximum absolute atomic E-state index is 6.22. The van der Waals surface area contributed by atoms with E-state index < -0.39 is 0 Å². The Hall–Kier alpha value is -1.32. The Morgan fingerprint density at radius 2 is 2.17 bits per heavy atom. The molecule has 1 unspecified atom stereocenters. The van der Waals surface area contributed by atoms with Crippen LogP contribution < -0.4 is 5.73 Å². The van der Waals surface area contributed by atoms with Gasteiger partial charge >= 0.3 is 0 Å². The van der Waals surface area contributed by atoms with E-state index in [0.717, 1.165) is 35.7 Å². The molecule has 0 aliphatic heterocycles. The molecule has 0 spiro atoms. The summed E-state index contributed by atoms with van der Waals surface area (Å²) in [5, 5.41) is 1.13. The molecule has 1 atom stereocenters. The number of likely N-dealkylation sites (N-methyl/N-ethyl adjacent to an activating group) is 1. The topological polar surface area (TPSA) is 42.4 Å². The second-order valence-electron chi connectivity index (χ2n) is 5.46. The predicted molar refractivity (Wildman–Crippen MR) is 73.4 cm³/mol. The lowest BCUT2D eigenvalue weighted by Crippen LogP contribution is -2.30. The van der Waals surface area contributed by atoms with Gasteiger partial charge in [0.1, 0.15) is 11.3 Å². The van der Waals surface area contributed by atoms with E-state index in [-0.39, 0.29) is 6.04 Å². The van der Waals surface area contributed by atoms with E-state index in [0.29, 0.717) is 0 Å². The van der Waals surface area contributed by atoms with Crippen LogP contribution in [0.4, 0.5) is 0 Å². The first-order valence-electron chi connectivity index (χ1n) is 6.65. The van der Waals surface area contributed by atoms with Crippen LogP contribution in [0.3, 0.4) is 0 Å². The van der Waals surface area contributed by atoms with Gasteiger partial charge in [0.25, 0.3) is 0 Å². The first-order chi connectivity index (χ1) is 8.72. The molecule has 0 saturated heterocycles. The molecular weight excluding hydrogens is 224 g/mol. The third-order valence-corrected chi connectivity index (χ3v) is 3.59. The number of benzene rings is 1. The Morgan fingerprint density at radius 3 is 2.89 bits per heavy atom. The molecule has 1 heterocycles. The van der Waals surface area contributed by atoms with Gasteiger partial charge in [-0.15, -0.1) is 0 Å². The van der Waals surface area contributed by atoms with Crippen molar-refractivity contribution in [2.24, 2.45) is 11.7 Å². The summed E-state index contributed by atoms with van der Waals surface area (Å²) in [6.07, 6.45) is 2.76. The third-order valence-electron chi connectivity index (χ3n) is 3.59. The Balaban J connectivity index is 1.68. The fourth-order valence-electron chi connectivity index (χ4n) is 2.43. The summed E-state index contributed by atoms with van der Waals surface area (Å²) in [5.41, 5.74) is 7.14. The minimum atomic E-state index is -0.0406. The van der Waals surface area contributed by atoms with Gasteiger partial charge in [0.15, 0.2) is 0 Å². The van der Waals surface area contributed by atoms with Crippen LogP contribution in [-0.4, -0.2) is 25.0 Å². The van der Waals surface area contributed by atoms with Gasteiger partial charge in [0.05, 0.1) is 6.04 Å². The average Bonchev–Trinajstić information content (AvgIpc) is 3.05. The van der Waals surface area contributed by atoms with Crippen molar-refractivity contribution in [1.82, 2.24) is 4.90 Å². The van der Waals surface area contributed by atoms with Crippen molar-refractivity contribution in [2.45, 2.75) is 18.9 Å². The standard InChI is InChI=1S/C15H20N2O/c1-17(9-11-6-7-11)10-13(16)15-8-12-4-2-3-5-14(12)18-15/h2-5,8,11,13H,6-7,9-10,16H2,1H3. The van der Waals surface area contributed by atoms with Gasteiger partial charge in [-0.1, -0.05) is 18.2 Å². The SMILES string of the molecule is CN(CC1CC1)CC(N)c1cc2ccccc2o1. The van der Waals surface area contributed by atoms with E-state index in [2.05, 4.69) is 24.1 Å². The van der Waals surface area contributed by atoms with E-state index in [9.17, 15) is 0 Å². The molecule has 96 valence electrons. The molecule has 1 aliphatic carbocycles. The molecule has 3 nitrogen and oxygen atoms in total. The van der Waals surface area contributed by atoms with Gasteiger partial charge in [-0.2, -0.15) is 0 Å². The molecule has 3 heteroatoms. The van der Waals surface area contributed by atoms with Crippen LogP contribution in [0, 0.1) is 5.92 Å². The lowest BCUT2D eigenvalue weighted by Gasteiger charge is -2.19. The highest BCUT2D eigenvalue weighted by atomic mass is 16.3. The zero-order chi connectivity index (χ0) is 12.5. The van der Waals surface area contributed by atoms with Crippen LogP contribution in [-0.2, 0) is 0 Å². The normalized spacial score (nSPS) is 17.5. The fraction of sp³-hybridized carbons (Fsp3) is 0.467.